The SMILES string of the molecule is CCCCC/C=C\C=C/[C@H](O)C/C=C\C/C=C/CCCC(=O)O[C@H](COC(=O)CCCCCCCCCCCCCC(C)C)COP(=O)(O)O. The first-order chi connectivity index (χ1) is 24.0. The molecule has 290 valence electrons. The zero-order valence-electron chi connectivity index (χ0n) is 31.6. The molecule has 0 aromatic carbocycles. The molecule has 0 bridgehead atoms. The second-order valence-corrected chi connectivity index (χ2v) is 14.8. The summed E-state index contributed by atoms with van der Waals surface area (Å²) in [5.74, 6) is -0.191. The van der Waals surface area contributed by atoms with Gasteiger partial charge in [0.25, 0.3) is 0 Å². The number of rotatable bonds is 34. The molecule has 0 spiro atoms. The second kappa shape index (κ2) is 34.1. The molecule has 3 N–H and O–H groups in total. The second-order valence-electron chi connectivity index (χ2n) is 13.6. The van der Waals surface area contributed by atoms with Gasteiger partial charge in [0.1, 0.15) is 6.61 Å². The molecule has 0 amide bonds. The van der Waals surface area contributed by atoms with Gasteiger partial charge in [-0.3, -0.25) is 14.1 Å². The first kappa shape index (κ1) is 48.0. The number of carbonyl (C=O) groups excluding carboxylic acids is 2. The Balaban J connectivity index is 4.13. The van der Waals surface area contributed by atoms with E-state index in [1.807, 2.05) is 36.5 Å². The van der Waals surface area contributed by atoms with E-state index in [0.29, 0.717) is 32.1 Å². The summed E-state index contributed by atoms with van der Waals surface area (Å²) in [5, 5.41) is 10.0. The third-order valence-electron chi connectivity index (χ3n) is 8.11. The summed E-state index contributed by atoms with van der Waals surface area (Å²) in [6.07, 6.45) is 35.8. The van der Waals surface area contributed by atoms with Crippen molar-refractivity contribution in [2.45, 2.75) is 174 Å². The minimum atomic E-state index is -4.78. The Hall–Kier alpha value is -2.03. The van der Waals surface area contributed by atoms with Crippen LogP contribution >= 0.6 is 7.82 Å². The molecule has 0 rings (SSSR count). The van der Waals surface area contributed by atoms with E-state index in [9.17, 15) is 19.3 Å². The first-order valence-corrected chi connectivity index (χ1v) is 20.9. The van der Waals surface area contributed by atoms with E-state index >= 15 is 0 Å². The van der Waals surface area contributed by atoms with E-state index < -0.39 is 38.6 Å². The van der Waals surface area contributed by atoms with Crippen LogP contribution in [0.5, 0.6) is 0 Å². The molecular weight excluding hydrogens is 655 g/mol. The number of aliphatic hydroxyl groups excluding tert-OH is 1. The quantitative estimate of drug-likeness (QED) is 0.0194. The topological polar surface area (TPSA) is 140 Å². The van der Waals surface area contributed by atoms with Crippen molar-refractivity contribution in [2.75, 3.05) is 13.2 Å². The maximum atomic E-state index is 12.4. The van der Waals surface area contributed by atoms with Crippen molar-refractivity contribution in [1.29, 1.82) is 0 Å². The lowest BCUT2D eigenvalue weighted by Crippen LogP contribution is -2.29. The van der Waals surface area contributed by atoms with Crippen LogP contribution < -0.4 is 0 Å². The lowest BCUT2D eigenvalue weighted by Gasteiger charge is -2.18. The maximum absolute atomic E-state index is 12.4. The third kappa shape index (κ3) is 37.2. The highest BCUT2D eigenvalue weighted by molar-refractivity contribution is 7.46. The number of phosphoric ester groups is 1. The molecule has 10 heteroatoms. The number of unbranched alkanes of at least 4 members (excludes halogenated alkanes) is 14. The van der Waals surface area contributed by atoms with Crippen LogP contribution in [0.15, 0.2) is 48.6 Å². The zero-order chi connectivity index (χ0) is 37.1. The van der Waals surface area contributed by atoms with E-state index in [-0.39, 0.29) is 19.4 Å². The number of hydrogen-bond acceptors (Lipinski definition) is 7. The normalized spacial score (nSPS) is 13.7. The molecule has 0 aromatic rings. The van der Waals surface area contributed by atoms with Gasteiger partial charge in [-0.2, -0.15) is 0 Å². The van der Waals surface area contributed by atoms with Crippen LogP contribution in [-0.4, -0.2) is 52.3 Å². The van der Waals surface area contributed by atoms with E-state index in [0.717, 1.165) is 31.6 Å². The van der Waals surface area contributed by atoms with Gasteiger partial charge in [0.05, 0.1) is 12.7 Å². The van der Waals surface area contributed by atoms with Gasteiger partial charge >= 0.3 is 19.8 Å². The molecule has 0 saturated heterocycles. The monoisotopic (exact) mass is 726 g/mol. The Kier molecular flexibility index (Phi) is 32.7. The summed E-state index contributed by atoms with van der Waals surface area (Å²) in [7, 11) is -4.78. The minimum Gasteiger partial charge on any atom is -0.462 e. The lowest BCUT2D eigenvalue weighted by molar-refractivity contribution is -0.161. The molecule has 0 aromatic heterocycles. The van der Waals surface area contributed by atoms with Crippen molar-refractivity contribution in [3.8, 4) is 0 Å². The number of aliphatic hydroxyl groups is 1. The molecule has 0 radical (unpaired) electrons. The lowest BCUT2D eigenvalue weighted by atomic mass is 10.0. The minimum absolute atomic E-state index is 0.102. The van der Waals surface area contributed by atoms with Gasteiger partial charge in [0.15, 0.2) is 6.10 Å². The predicted octanol–water partition coefficient (Wildman–Crippen LogP) is 10.4. The molecule has 0 unspecified atom stereocenters. The molecule has 50 heavy (non-hydrogen) atoms. The van der Waals surface area contributed by atoms with Crippen LogP contribution in [0, 0.1) is 5.92 Å². The van der Waals surface area contributed by atoms with Crippen molar-refractivity contribution in [2.24, 2.45) is 5.92 Å². The van der Waals surface area contributed by atoms with Gasteiger partial charge in [-0.15, -0.1) is 0 Å². The van der Waals surface area contributed by atoms with Crippen molar-refractivity contribution < 1.29 is 43.0 Å². The van der Waals surface area contributed by atoms with Crippen LogP contribution in [0.3, 0.4) is 0 Å². The molecule has 9 nitrogen and oxygen atoms in total. The Labute approximate surface area is 304 Å². The third-order valence-corrected chi connectivity index (χ3v) is 8.59. The van der Waals surface area contributed by atoms with Gasteiger partial charge < -0.3 is 24.4 Å². The largest absolute Gasteiger partial charge is 0.469 e. The van der Waals surface area contributed by atoms with E-state index in [1.165, 1.54) is 70.6 Å². The van der Waals surface area contributed by atoms with E-state index in [2.05, 4.69) is 31.4 Å². The summed E-state index contributed by atoms with van der Waals surface area (Å²) < 4.78 is 26.2. The molecule has 0 aliphatic heterocycles. The summed E-state index contributed by atoms with van der Waals surface area (Å²) >= 11 is 0. The average molecular weight is 727 g/mol. The summed E-state index contributed by atoms with van der Waals surface area (Å²) in [6, 6.07) is 0. The number of ether oxygens (including phenoxy) is 2. The highest BCUT2D eigenvalue weighted by Gasteiger charge is 2.22. The molecule has 0 saturated carbocycles. The molecular formula is C40H71O9P. The highest BCUT2D eigenvalue weighted by Crippen LogP contribution is 2.36. The maximum Gasteiger partial charge on any atom is 0.469 e. The van der Waals surface area contributed by atoms with Crippen LogP contribution in [0.2, 0.25) is 0 Å². The van der Waals surface area contributed by atoms with Gasteiger partial charge in [-0.05, 0) is 50.9 Å². The molecule has 2 atom stereocenters. The van der Waals surface area contributed by atoms with Gasteiger partial charge in [-0.25, -0.2) is 4.57 Å². The van der Waals surface area contributed by atoms with Crippen LogP contribution in [0.25, 0.3) is 0 Å². The van der Waals surface area contributed by atoms with Crippen molar-refractivity contribution in [1.82, 2.24) is 0 Å². The Bertz CT molecular complexity index is 983. The first-order valence-electron chi connectivity index (χ1n) is 19.4. The number of carbonyl (C=O) groups is 2. The zero-order valence-corrected chi connectivity index (χ0v) is 32.5. The molecule has 0 aliphatic carbocycles. The smallest absolute Gasteiger partial charge is 0.462 e. The Morgan fingerprint density at radius 3 is 1.92 bits per heavy atom. The van der Waals surface area contributed by atoms with Crippen molar-refractivity contribution in [3.05, 3.63) is 48.6 Å². The fraction of sp³-hybridized carbons (Fsp3) is 0.750. The highest BCUT2D eigenvalue weighted by atomic mass is 31.2. The van der Waals surface area contributed by atoms with Crippen molar-refractivity contribution in [3.63, 3.8) is 0 Å². The number of phosphoric acid groups is 1. The number of hydrogen-bond donors (Lipinski definition) is 3. The van der Waals surface area contributed by atoms with Gasteiger partial charge in [0.2, 0.25) is 0 Å². The van der Waals surface area contributed by atoms with Crippen molar-refractivity contribution >= 4 is 19.8 Å². The van der Waals surface area contributed by atoms with Gasteiger partial charge in [-0.1, -0.05) is 153 Å². The van der Waals surface area contributed by atoms with Crippen LogP contribution in [0.4, 0.5) is 0 Å². The fourth-order valence-electron chi connectivity index (χ4n) is 5.16. The van der Waals surface area contributed by atoms with Crippen LogP contribution in [0.1, 0.15) is 162 Å². The summed E-state index contributed by atoms with van der Waals surface area (Å²) in [6.45, 7) is 5.84. The fourth-order valence-corrected chi connectivity index (χ4v) is 5.52. The Morgan fingerprint density at radius 1 is 0.680 bits per heavy atom. The molecule has 0 heterocycles. The standard InChI is InChI=1S/C40H71O9P/c1-4-5-6-7-14-20-25-30-37(41)31-26-21-16-13-18-23-28-33-40(43)49-38(35-48-50(44,45)46)34-47-39(42)32-27-22-17-12-10-8-9-11-15-19-24-29-36(2)3/h13-14,18,20-21,25-26,30,36-38,41H,4-12,15-17,19,22-24,27-29,31-35H2,1-3H3,(H2,44,45,46)/b18-13+,20-14-,26-21-,30-25-/t37-,38+/m0/s1. The number of allylic oxidation sites excluding steroid dienone is 6. The number of esters is 2. The predicted molar refractivity (Wildman–Crippen MR) is 203 cm³/mol. The average Bonchev–Trinajstić information content (AvgIpc) is 3.06. The van der Waals surface area contributed by atoms with E-state index in [4.69, 9.17) is 19.3 Å². The van der Waals surface area contributed by atoms with E-state index in [1.54, 1.807) is 6.08 Å². The van der Waals surface area contributed by atoms with Gasteiger partial charge in [0, 0.05) is 12.8 Å². The molecule has 0 fully saturated rings. The Morgan fingerprint density at radius 2 is 1.28 bits per heavy atom. The summed E-state index contributed by atoms with van der Waals surface area (Å²) in [5.41, 5.74) is 0. The molecule has 0 aliphatic rings. The van der Waals surface area contributed by atoms with Crippen LogP contribution in [-0.2, 0) is 28.2 Å². The summed E-state index contributed by atoms with van der Waals surface area (Å²) in [4.78, 5) is 42.7.